The number of allylic oxidation sites excluding steroid dienone is 3. The maximum Gasteiger partial charge on any atom is 0.192 e. The Hall–Kier alpha value is -1.48. The summed E-state index contributed by atoms with van der Waals surface area (Å²) >= 11 is 1.76. The minimum absolute atomic E-state index is 0.137. The summed E-state index contributed by atoms with van der Waals surface area (Å²) < 4.78 is 0. The fourth-order valence-electron chi connectivity index (χ4n) is 4.10. The summed E-state index contributed by atoms with van der Waals surface area (Å²) in [6.07, 6.45) is 6.99. The molecule has 2 aliphatic rings. The molecule has 3 rings (SSSR count). The van der Waals surface area contributed by atoms with E-state index in [2.05, 4.69) is 20.8 Å². The summed E-state index contributed by atoms with van der Waals surface area (Å²) in [4.78, 5) is 13.8. The van der Waals surface area contributed by atoms with E-state index in [0.717, 1.165) is 28.0 Å². The number of carbonyl (C=O) groups excluding carboxylic acids is 1. The average molecular weight is 357 g/mol. The molecule has 0 radical (unpaired) electrons. The number of hydrogen-bond donors (Lipinski definition) is 1. The number of carbonyl (C=O) groups is 1. The fraction of sp³-hybridized carbons (Fsp3) is 0.500. The van der Waals surface area contributed by atoms with Gasteiger partial charge in [-0.05, 0) is 84.9 Å². The minimum Gasteiger partial charge on any atom is -0.507 e. The lowest BCUT2D eigenvalue weighted by atomic mass is 9.69. The van der Waals surface area contributed by atoms with Crippen LogP contribution in [0.5, 0.6) is 5.75 Å². The van der Waals surface area contributed by atoms with Crippen molar-refractivity contribution >= 4 is 23.6 Å². The predicted molar refractivity (Wildman–Crippen MR) is 107 cm³/mol. The molecule has 2 unspecified atom stereocenters. The predicted octanol–water partition coefficient (Wildman–Crippen LogP) is 5.81. The van der Waals surface area contributed by atoms with Crippen LogP contribution in [0.2, 0.25) is 0 Å². The first-order chi connectivity index (χ1) is 11.7. The lowest BCUT2D eigenvalue weighted by Crippen LogP contribution is -2.27. The second-order valence-electron chi connectivity index (χ2n) is 8.35. The number of phenols is 1. The van der Waals surface area contributed by atoms with E-state index < -0.39 is 0 Å². The molecule has 1 aliphatic heterocycles. The second-order valence-corrected chi connectivity index (χ2v) is 9.74. The molecular weight excluding hydrogens is 328 g/mol. The molecule has 2 atom stereocenters. The number of aryl methyl sites for hydroxylation is 2. The SMILES string of the molecule is Cc1cc(/C=C/C(=O)C2=C3CCC(C)(C)CC3C(C)S2)cc(C)c1O. The smallest absolute Gasteiger partial charge is 0.192 e. The lowest BCUT2D eigenvalue weighted by Gasteiger charge is -2.36. The van der Waals surface area contributed by atoms with Gasteiger partial charge in [0.1, 0.15) is 5.75 Å². The number of thioether (sulfide) groups is 1. The lowest BCUT2D eigenvalue weighted by molar-refractivity contribution is -0.110. The summed E-state index contributed by atoms with van der Waals surface area (Å²) in [5, 5.41) is 10.4. The van der Waals surface area contributed by atoms with Crippen molar-refractivity contribution in [2.45, 2.75) is 59.1 Å². The average Bonchev–Trinajstić information content (AvgIpc) is 2.85. The van der Waals surface area contributed by atoms with E-state index in [1.807, 2.05) is 32.1 Å². The molecule has 0 aromatic heterocycles. The molecule has 1 N–H and O–H groups in total. The van der Waals surface area contributed by atoms with Crippen LogP contribution in [0.25, 0.3) is 6.08 Å². The van der Waals surface area contributed by atoms with E-state index in [1.165, 1.54) is 18.4 Å². The molecule has 25 heavy (non-hydrogen) atoms. The van der Waals surface area contributed by atoms with E-state index in [0.29, 0.717) is 22.3 Å². The third-order valence-electron chi connectivity index (χ3n) is 5.62. The van der Waals surface area contributed by atoms with Crippen molar-refractivity contribution < 1.29 is 9.90 Å². The monoisotopic (exact) mass is 356 g/mol. The fourth-order valence-corrected chi connectivity index (χ4v) is 5.49. The maximum atomic E-state index is 12.8. The van der Waals surface area contributed by atoms with E-state index >= 15 is 0 Å². The van der Waals surface area contributed by atoms with Gasteiger partial charge < -0.3 is 5.11 Å². The van der Waals surface area contributed by atoms with Crippen LogP contribution >= 0.6 is 11.8 Å². The Morgan fingerprint density at radius 3 is 2.56 bits per heavy atom. The number of fused-ring (bicyclic) bond motifs is 1. The summed E-state index contributed by atoms with van der Waals surface area (Å²) in [7, 11) is 0. The molecule has 134 valence electrons. The van der Waals surface area contributed by atoms with Crippen molar-refractivity contribution in [2.75, 3.05) is 0 Å². The topological polar surface area (TPSA) is 37.3 Å². The Balaban J connectivity index is 1.82. The van der Waals surface area contributed by atoms with Gasteiger partial charge in [-0.3, -0.25) is 4.79 Å². The van der Waals surface area contributed by atoms with E-state index in [1.54, 1.807) is 17.8 Å². The highest BCUT2D eigenvalue weighted by Crippen LogP contribution is 2.53. The molecule has 1 aliphatic carbocycles. The van der Waals surface area contributed by atoms with Crippen LogP contribution in [0.15, 0.2) is 28.7 Å². The van der Waals surface area contributed by atoms with Crippen LogP contribution in [-0.4, -0.2) is 16.1 Å². The highest BCUT2D eigenvalue weighted by atomic mass is 32.2. The molecule has 1 aromatic rings. The zero-order valence-corrected chi connectivity index (χ0v) is 16.7. The molecular formula is C22H28O2S. The van der Waals surface area contributed by atoms with Crippen LogP contribution in [0.3, 0.4) is 0 Å². The van der Waals surface area contributed by atoms with Crippen LogP contribution in [-0.2, 0) is 4.79 Å². The number of benzene rings is 1. The highest BCUT2D eigenvalue weighted by Gasteiger charge is 2.41. The van der Waals surface area contributed by atoms with Crippen molar-refractivity contribution in [1.82, 2.24) is 0 Å². The Morgan fingerprint density at radius 1 is 1.28 bits per heavy atom. The molecule has 1 heterocycles. The number of ketones is 1. The third-order valence-corrected chi connectivity index (χ3v) is 7.02. The highest BCUT2D eigenvalue weighted by molar-refractivity contribution is 8.04. The normalized spacial score (nSPS) is 25.5. The molecule has 0 saturated heterocycles. The van der Waals surface area contributed by atoms with Crippen LogP contribution in [0.1, 0.15) is 56.7 Å². The van der Waals surface area contributed by atoms with Gasteiger partial charge in [0.25, 0.3) is 0 Å². The van der Waals surface area contributed by atoms with Crippen molar-refractivity contribution in [3.8, 4) is 5.75 Å². The van der Waals surface area contributed by atoms with Gasteiger partial charge in [-0.25, -0.2) is 0 Å². The largest absolute Gasteiger partial charge is 0.507 e. The van der Waals surface area contributed by atoms with Gasteiger partial charge in [-0.15, -0.1) is 11.8 Å². The van der Waals surface area contributed by atoms with Crippen molar-refractivity contribution in [1.29, 1.82) is 0 Å². The van der Waals surface area contributed by atoms with E-state index in [4.69, 9.17) is 0 Å². The summed E-state index contributed by atoms with van der Waals surface area (Å²) in [6.45, 7) is 10.7. The molecule has 3 heteroatoms. The number of rotatable bonds is 3. The summed E-state index contributed by atoms with van der Waals surface area (Å²) in [5.41, 5.74) is 4.42. The van der Waals surface area contributed by atoms with Gasteiger partial charge in [0, 0.05) is 5.25 Å². The van der Waals surface area contributed by atoms with Gasteiger partial charge in [0.05, 0.1) is 4.91 Å². The molecule has 0 amide bonds. The summed E-state index contributed by atoms with van der Waals surface area (Å²) in [6, 6.07) is 3.83. The number of phenolic OH excluding ortho intramolecular Hbond substituents is 1. The van der Waals surface area contributed by atoms with Crippen LogP contribution < -0.4 is 0 Å². The van der Waals surface area contributed by atoms with E-state index in [-0.39, 0.29) is 5.78 Å². The summed E-state index contributed by atoms with van der Waals surface area (Å²) in [5.74, 6) is 1.03. The zero-order valence-electron chi connectivity index (χ0n) is 15.8. The Morgan fingerprint density at radius 2 is 1.92 bits per heavy atom. The van der Waals surface area contributed by atoms with Crippen LogP contribution in [0, 0.1) is 25.2 Å². The van der Waals surface area contributed by atoms with E-state index in [9.17, 15) is 9.90 Å². The minimum atomic E-state index is 0.137. The zero-order chi connectivity index (χ0) is 18.4. The molecule has 0 spiro atoms. The van der Waals surface area contributed by atoms with Gasteiger partial charge in [0.2, 0.25) is 0 Å². The van der Waals surface area contributed by atoms with Crippen molar-refractivity contribution in [3.63, 3.8) is 0 Å². The standard InChI is InChI=1S/C22H28O2S/c1-13-10-16(11-14(2)20(13)24)6-7-19(23)21-17-8-9-22(4,5)12-18(17)15(3)25-21/h6-7,10-11,15,18,24H,8-9,12H2,1-5H3/b7-6+. The Kier molecular flexibility index (Phi) is 4.89. The first kappa shape index (κ1) is 18.3. The molecule has 2 nitrogen and oxygen atoms in total. The first-order valence-corrected chi connectivity index (χ1v) is 9.98. The van der Waals surface area contributed by atoms with Crippen LogP contribution in [0.4, 0.5) is 0 Å². The maximum absolute atomic E-state index is 12.8. The van der Waals surface area contributed by atoms with Crippen molar-refractivity contribution in [2.24, 2.45) is 11.3 Å². The molecule has 1 fully saturated rings. The van der Waals surface area contributed by atoms with Gasteiger partial charge in [-0.2, -0.15) is 0 Å². The van der Waals surface area contributed by atoms with Gasteiger partial charge in [-0.1, -0.05) is 26.8 Å². The van der Waals surface area contributed by atoms with Gasteiger partial charge in [0.15, 0.2) is 5.78 Å². The molecule has 1 aromatic carbocycles. The second kappa shape index (κ2) is 6.68. The quantitative estimate of drug-likeness (QED) is 0.695. The first-order valence-electron chi connectivity index (χ1n) is 9.10. The molecule has 1 saturated carbocycles. The Labute approximate surface area is 155 Å². The third kappa shape index (κ3) is 3.72. The Bertz CT molecular complexity index is 747. The van der Waals surface area contributed by atoms with Crippen molar-refractivity contribution in [3.05, 3.63) is 45.4 Å². The molecule has 0 bridgehead atoms. The number of aromatic hydroxyl groups is 1. The number of hydrogen-bond acceptors (Lipinski definition) is 3. The van der Waals surface area contributed by atoms with Gasteiger partial charge >= 0.3 is 0 Å².